The van der Waals surface area contributed by atoms with Crippen LogP contribution in [0.3, 0.4) is 0 Å². The third-order valence-corrected chi connectivity index (χ3v) is 12.2. The molecule has 3 aliphatic rings. The van der Waals surface area contributed by atoms with Gasteiger partial charge in [0.15, 0.2) is 0 Å². The summed E-state index contributed by atoms with van der Waals surface area (Å²) in [5.41, 5.74) is 9.58. The zero-order chi connectivity index (χ0) is 39.0. The molecule has 13 nitrogen and oxygen atoms in total. The van der Waals surface area contributed by atoms with Crippen molar-refractivity contribution in [2.24, 2.45) is 5.41 Å². The molecular weight excluding hydrogens is 879 g/mol. The van der Waals surface area contributed by atoms with E-state index < -0.39 is 23.5 Å². The van der Waals surface area contributed by atoms with Crippen LogP contribution in [0.2, 0.25) is 0 Å². The predicted octanol–water partition coefficient (Wildman–Crippen LogP) is 6.47. The van der Waals surface area contributed by atoms with Gasteiger partial charge in [-0.1, -0.05) is 19.9 Å². The Hall–Kier alpha value is -2.62. The van der Waals surface area contributed by atoms with Crippen molar-refractivity contribution in [3.8, 4) is 22.5 Å². The van der Waals surface area contributed by atoms with Crippen molar-refractivity contribution in [3.63, 3.8) is 0 Å². The van der Waals surface area contributed by atoms with E-state index in [4.69, 9.17) is 24.2 Å². The van der Waals surface area contributed by atoms with Crippen LogP contribution in [0.1, 0.15) is 76.3 Å². The minimum atomic E-state index is -0.913. The average Bonchev–Trinajstić information content (AvgIpc) is 3.76. The molecule has 3 aliphatic heterocycles. The van der Waals surface area contributed by atoms with Gasteiger partial charge in [0.25, 0.3) is 5.91 Å². The number of methoxy groups -OCH3 is 2. The summed E-state index contributed by atoms with van der Waals surface area (Å²) < 4.78 is 19.7. The van der Waals surface area contributed by atoms with E-state index >= 15 is 0 Å². The second-order valence-corrected chi connectivity index (χ2v) is 16.6. The Bertz CT molecular complexity index is 2080. The highest BCUT2D eigenvalue weighted by molar-refractivity contribution is 7.60. The summed E-state index contributed by atoms with van der Waals surface area (Å²) in [5, 5.41) is 8.32. The zero-order valence-corrected chi connectivity index (χ0v) is 41.2. The Morgan fingerprint density at radius 1 is 1.07 bits per heavy atom. The highest BCUT2D eigenvalue weighted by Gasteiger charge is 2.40. The third-order valence-electron chi connectivity index (χ3n) is 11.4. The summed E-state index contributed by atoms with van der Waals surface area (Å²) >= 11 is 1.46. The Labute approximate surface area is 392 Å². The molecule has 0 radical (unpaired) electrons. The van der Waals surface area contributed by atoms with E-state index in [-0.39, 0.29) is 111 Å². The van der Waals surface area contributed by atoms with Gasteiger partial charge < -0.3 is 29.0 Å². The number of carbonyl (C=O) groups is 3. The minimum Gasteiger partial charge on any atom is -0.464 e. The summed E-state index contributed by atoms with van der Waals surface area (Å²) in [6.45, 7) is 12.2. The lowest BCUT2D eigenvalue weighted by Crippen LogP contribution is -2.64. The molecule has 0 unspecified atom stereocenters. The van der Waals surface area contributed by atoms with Gasteiger partial charge >= 0.3 is 12.0 Å². The van der Waals surface area contributed by atoms with Crippen molar-refractivity contribution in [2.45, 2.75) is 104 Å². The fraction of sp³-hybridized carbons (Fsp3) is 0.537. The van der Waals surface area contributed by atoms with Crippen molar-refractivity contribution in [3.05, 3.63) is 58.2 Å². The van der Waals surface area contributed by atoms with Crippen molar-refractivity contribution in [1.82, 2.24) is 35.2 Å². The number of amides is 3. The first-order valence-corrected chi connectivity index (χ1v) is 20.2. The number of nitrogens with zero attached hydrogens (tertiary/aromatic N) is 5. The van der Waals surface area contributed by atoms with Crippen molar-refractivity contribution >= 4 is 108 Å². The number of rotatable bonds is 7. The van der Waals surface area contributed by atoms with Crippen LogP contribution in [-0.2, 0) is 43.2 Å². The van der Waals surface area contributed by atoms with Crippen LogP contribution in [-0.4, -0.2) is 100 Å². The second kappa shape index (κ2) is 22.6. The van der Waals surface area contributed by atoms with Crippen LogP contribution in [0.25, 0.3) is 33.4 Å². The number of hydrogen-bond donors (Lipinski definition) is 2. The number of thiazole rings is 1. The first-order chi connectivity index (χ1) is 26.4. The predicted molar refractivity (Wildman–Crippen MR) is 263 cm³/mol. The number of aromatic nitrogens is 3. The summed E-state index contributed by atoms with van der Waals surface area (Å²) in [6.07, 6.45) is 4.22. The van der Waals surface area contributed by atoms with E-state index in [2.05, 4.69) is 60.3 Å². The maximum Gasteiger partial charge on any atom is 0.324 e. The second-order valence-electron chi connectivity index (χ2n) is 15.7. The smallest absolute Gasteiger partial charge is 0.324 e. The fourth-order valence-corrected chi connectivity index (χ4v) is 8.95. The van der Waals surface area contributed by atoms with Crippen LogP contribution >= 0.6 is 78.8 Å². The maximum absolute atomic E-state index is 14.2. The number of benzene rings is 1. The number of fused-ring (bicyclic) bond motifs is 6. The van der Waals surface area contributed by atoms with E-state index in [0.29, 0.717) is 32.4 Å². The van der Waals surface area contributed by atoms with Gasteiger partial charge in [0.05, 0.1) is 46.9 Å². The molecule has 3 aromatic heterocycles. The van der Waals surface area contributed by atoms with Gasteiger partial charge in [0.2, 0.25) is 0 Å². The molecule has 6 bridgehead atoms. The first kappa shape index (κ1) is 53.5. The molecule has 4 aromatic rings. The quantitative estimate of drug-likeness (QED) is 0.200. The first-order valence-electron chi connectivity index (χ1n) is 19.3. The molecule has 1 aromatic carbocycles. The number of esters is 1. The Morgan fingerprint density at radius 3 is 2.48 bits per heavy atom. The molecule has 7 rings (SSSR count). The van der Waals surface area contributed by atoms with Crippen molar-refractivity contribution in [1.29, 1.82) is 0 Å². The van der Waals surface area contributed by atoms with Crippen molar-refractivity contribution < 1.29 is 28.6 Å². The van der Waals surface area contributed by atoms with Crippen molar-refractivity contribution in [2.75, 3.05) is 33.9 Å². The van der Waals surface area contributed by atoms with Gasteiger partial charge in [-0.05, 0) is 76.3 Å². The minimum absolute atomic E-state index is 0. The molecule has 2 fully saturated rings. The lowest BCUT2D eigenvalue weighted by Gasteiger charge is -2.44. The van der Waals surface area contributed by atoms with Gasteiger partial charge in [0.1, 0.15) is 12.1 Å². The van der Waals surface area contributed by atoms with Crippen LogP contribution in [0.4, 0.5) is 4.79 Å². The molecule has 60 heavy (non-hydrogen) atoms. The molecule has 2 saturated heterocycles. The number of likely N-dealkylation sites (tertiary alicyclic amines) is 1. The molecule has 5 atom stereocenters. The van der Waals surface area contributed by atoms with Crippen LogP contribution in [0, 0.1) is 5.41 Å². The summed E-state index contributed by atoms with van der Waals surface area (Å²) in [4.78, 5) is 53.1. The van der Waals surface area contributed by atoms with Crippen LogP contribution < -0.4 is 10.7 Å². The number of carbonyl (C=O) groups excluding carboxylic acids is 3. The lowest BCUT2D eigenvalue weighted by atomic mass is 9.84. The number of pyridine rings is 1. The number of cyclic esters (lactones) is 1. The number of urea groups is 1. The molecule has 0 spiro atoms. The van der Waals surface area contributed by atoms with E-state index in [1.54, 1.807) is 25.3 Å². The van der Waals surface area contributed by atoms with E-state index in [0.717, 1.165) is 62.6 Å². The van der Waals surface area contributed by atoms with Gasteiger partial charge in [-0.15, -0.1) is 11.3 Å². The standard InChI is InChI=1S/C41H53N7O6S.5H2S/c1-8-46-34-14-13-26-19-28(34)29(37(46)27-11-9-16-42-36(27)25(3)53-7)21-41(4,5)23-54-39(50)30-12-10-17-48(45-30)38(49)31(20-35-43-32(26)22-55-35)44-40(51)47-18-15-33(47)24(2)52-6;;;;;/h9,11,13-14,16,19,22,24-25,30-31,33,45H,8,10,12,15,17-18,20-21,23H2,1-7H3,(H,44,51);5*1H2/t24-,25-,30-,31-,33-;;;;;/m0...../s1. The molecule has 3 amide bonds. The molecule has 0 saturated carbocycles. The fourth-order valence-electron chi connectivity index (χ4n) is 8.10. The Balaban J connectivity index is 0.00000248. The average molecular weight is 942 g/mol. The van der Waals surface area contributed by atoms with Gasteiger partial charge in [-0.25, -0.2) is 15.2 Å². The van der Waals surface area contributed by atoms with Crippen LogP contribution in [0.5, 0.6) is 0 Å². The number of hydrazine groups is 1. The number of ether oxygens (including phenoxy) is 3. The van der Waals surface area contributed by atoms with Gasteiger partial charge in [-0.3, -0.25) is 19.6 Å². The topological polar surface area (TPSA) is 140 Å². The number of aryl methyl sites for hydroxylation is 1. The Morgan fingerprint density at radius 2 is 1.82 bits per heavy atom. The van der Waals surface area contributed by atoms with Crippen LogP contribution in [0.15, 0.2) is 41.9 Å². The monoisotopic (exact) mass is 941 g/mol. The molecule has 19 heteroatoms. The van der Waals surface area contributed by atoms with E-state index in [1.807, 2.05) is 25.3 Å². The maximum atomic E-state index is 14.2. The largest absolute Gasteiger partial charge is 0.464 e. The zero-order valence-electron chi connectivity index (χ0n) is 35.4. The Kier molecular flexibility index (Phi) is 20.2. The SMILES string of the molecule is CCn1c(-c2cccnc2[C@H](C)OC)c2c3cc(ccc31)-c1csc(n1)C[C@H](NC(=O)N1CC[C@H]1[C@H](C)OC)C(=O)N1CCC[C@H](N1)C(=O)OCC(C)(C)C2.S.S.S.S.S. The highest BCUT2D eigenvalue weighted by Crippen LogP contribution is 2.42. The number of hydrogen-bond acceptors (Lipinski definition) is 10. The third kappa shape index (κ3) is 10.9. The van der Waals surface area contributed by atoms with E-state index in [9.17, 15) is 14.4 Å². The molecule has 2 N–H and O–H groups in total. The summed E-state index contributed by atoms with van der Waals surface area (Å²) in [5.74, 6) is -0.728. The number of nitrogens with one attached hydrogen (secondary N) is 2. The summed E-state index contributed by atoms with van der Waals surface area (Å²) in [6, 6.07) is 8.51. The van der Waals surface area contributed by atoms with Gasteiger partial charge in [0, 0.05) is 79.3 Å². The van der Waals surface area contributed by atoms with E-state index in [1.165, 1.54) is 16.3 Å². The summed E-state index contributed by atoms with van der Waals surface area (Å²) in [7, 11) is 3.33. The van der Waals surface area contributed by atoms with Gasteiger partial charge in [-0.2, -0.15) is 67.5 Å². The molecule has 6 heterocycles. The molecule has 0 aliphatic carbocycles. The highest BCUT2D eigenvalue weighted by atomic mass is 32.1. The molecule has 334 valence electrons. The molecular formula is C41H63N7O6S6. The normalized spacial score (nSPS) is 20.9. The lowest BCUT2D eigenvalue weighted by molar-refractivity contribution is -0.155.